The molecular formula is C11H12O3. The van der Waals surface area contributed by atoms with Crippen molar-refractivity contribution in [2.75, 3.05) is 0 Å². The van der Waals surface area contributed by atoms with E-state index >= 15 is 0 Å². The van der Waals surface area contributed by atoms with Crippen molar-refractivity contribution in [1.82, 2.24) is 0 Å². The van der Waals surface area contributed by atoms with E-state index in [1.54, 1.807) is 0 Å². The van der Waals surface area contributed by atoms with E-state index in [-0.39, 0.29) is 0 Å². The van der Waals surface area contributed by atoms with Crippen molar-refractivity contribution in [1.29, 1.82) is 0 Å². The Morgan fingerprint density at radius 2 is 2.29 bits per heavy atom. The predicted octanol–water partition coefficient (Wildman–Crippen LogP) is 1.85. The lowest BCUT2D eigenvalue weighted by molar-refractivity contribution is -0.153. The molecular weight excluding hydrogens is 180 g/mol. The monoisotopic (exact) mass is 192 g/mol. The quantitative estimate of drug-likeness (QED) is 0.777. The van der Waals surface area contributed by atoms with Crippen molar-refractivity contribution in [3.63, 3.8) is 0 Å². The molecule has 0 spiro atoms. The number of hydrogen-bond donors (Lipinski definition) is 1. The summed E-state index contributed by atoms with van der Waals surface area (Å²) < 4.78 is 5.51. The molecule has 3 heteroatoms. The van der Waals surface area contributed by atoms with Gasteiger partial charge >= 0.3 is 5.97 Å². The first-order chi connectivity index (χ1) is 6.68. The van der Waals surface area contributed by atoms with Gasteiger partial charge in [-0.05, 0) is 18.1 Å². The summed E-state index contributed by atoms with van der Waals surface area (Å²) in [6.07, 6.45) is 0.950. The van der Waals surface area contributed by atoms with Crippen LogP contribution in [0.25, 0.3) is 0 Å². The summed E-state index contributed by atoms with van der Waals surface area (Å²) in [5.41, 5.74) is -0.0549. The lowest BCUT2D eigenvalue weighted by atomic mass is 9.95. The van der Waals surface area contributed by atoms with Gasteiger partial charge in [-0.3, -0.25) is 0 Å². The zero-order valence-electron chi connectivity index (χ0n) is 7.99. The van der Waals surface area contributed by atoms with Crippen LogP contribution in [0, 0.1) is 0 Å². The average Bonchev–Trinajstić information content (AvgIpc) is 2.57. The Morgan fingerprint density at radius 1 is 1.57 bits per heavy atom. The Labute approximate surface area is 82.3 Å². The van der Waals surface area contributed by atoms with Gasteiger partial charge in [0.05, 0.1) is 0 Å². The highest BCUT2D eigenvalue weighted by Gasteiger charge is 2.44. The third-order valence-corrected chi connectivity index (χ3v) is 2.71. The highest BCUT2D eigenvalue weighted by molar-refractivity contribution is 5.79. The van der Waals surface area contributed by atoms with E-state index in [0.717, 1.165) is 5.56 Å². The maximum Gasteiger partial charge on any atom is 0.348 e. The third-order valence-electron chi connectivity index (χ3n) is 2.71. The predicted molar refractivity (Wildman–Crippen MR) is 51.4 cm³/mol. The molecule has 1 N–H and O–H groups in total. The number of hydrogen-bond acceptors (Lipinski definition) is 2. The first kappa shape index (κ1) is 9.06. The molecule has 0 amide bonds. The van der Waals surface area contributed by atoms with E-state index in [2.05, 4.69) is 0 Å². The lowest BCUT2D eigenvalue weighted by Gasteiger charge is -2.21. The summed E-state index contributed by atoms with van der Waals surface area (Å²) in [5, 5.41) is 9.11. The molecule has 0 saturated carbocycles. The number of aliphatic carboxylic acids is 1. The molecule has 0 fully saturated rings. The zero-order chi connectivity index (χ0) is 10.2. The molecule has 74 valence electrons. The molecule has 0 saturated heterocycles. The number of fused-ring (bicyclic) bond motifs is 1. The van der Waals surface area contributed by atoms with Crippen molar-refractivity contribution in [3.8, 4) is 5.75 Å². The molecule has 1 aliphatic rings. The minimum Gasteiger partial charge on any atom is -0.478 e. The van der Waals surface area contributed by atoms with Crippen LogP contribution >= 0.6 is 0 Å². The number of carboxylic acids is 1. The average molecular weight is 192 g/mol. The highest BCUT2D eigenvalue weighted by atomic mass is 16.5. The van der Waals surface area contributed by atoms with Crippen molar-refractivity contribution >= 4 is 5.97 Å². The Kier molecular flexibility index (Phi) is 1.95. The van der Waals surface area contributed by atoms with Crippen LogP contribution in [0.5, 0.6) is 5.75 Å². The SMILES string of the molecule is CCC1(C(=O)O)Cc2ccccc2O1. The minimum absolute atomic E-state index is 0.467. The van der Waals surface area contributed by atoms with Gasteiger partial charge in [-0.25, -0.2) is 4.79 Å². The normalized spacial score (nSPS) is 24.1. The lowest BCUT2D eigenvalue weighted by Crippen LogP contribution is -2.42. The van der Waals surface area contributed by atoms with Crippen LogP contribution in [0.2, 0.25) is 0 Å². The fraction of sp³-hybridized carbons (Fsp3) is 0.364. The number of benzene rings is 1. The molecule has 0 aromatic heterocycles. The Bertz CT molecular complexity index is 346. The molecule has 1 unspecified atom stereocenters. The molecule has 1 aromatic rings. The molecule has 2 rings (SSSR count). The summed E-state index contributed by atoms with van der Waals surface area (Å²) in [7, 11) is 0. The Morgan fingerprint density at radius 3 is 2.86 bits per heavy atom. The number of ether oxygens (including phenoxy) is 1. The topological polar surface area (TPSA) is 46.5 Å². The van der Waals surface area contributed by atoms with Gasteiger partial charge in [0.1, 0.15) is 5.75 Å². The second kappa shape index (κ2) is 3.01. The van der Waals surface area contributed by atoms with E-state index in [1.165, 1.54) is 0 Å². The third kappa shape index (κ3) is 1.16. The van der Waals surface area contributed by atoms with E-state index in [4.69, 9.17) is 9.84 Å². The van der Waals surface area contributed by atoms with E-state index in [0.29, 0.717) is 18.6 Å². The molecule has 1 heterocycles. The van der Waals surface area contributed by atoms with Crippen molar-refractivity contribution in [3.05, 3.63) is 29.8 Å². The maximum atomic E-state index is 11.1. The van der Waals surface area contributed by atoms with Crippen LogP contribution in [0.4, 0.5) is 0 Å². The fourth-order valence-electron chi connectivity index (χ4n) is 1.77. The Balaban J connectivity index is 2.37. The first-order valence-corrected chi connectivity index (χ1v) is 4.68. The van der Waals surface area contributed by atoms with Gasteiger partial charge in [-0.2, -0.15) is 0 Å². The summed E-state index contributed by atoms with van der Waals surface area (Å²) >= 11 is 0. The summed E-state index contributed by atoms with van der Waals surface area (Å²) in [5.74, 6) is -0.173. The molecule has 0 bridgehead atoms. The van der Waals surface area contributed by atoms with Crippen LogP contribution in [-0.2, 0) is 11.2 Å². The van der Waals surface area contributed by atoms with E-state index < -0.39 is 11.6 Å². The summed E-state index contributed by atoms with van der Waals surface area (Å²) in [4.78, 5) is 11.1. The molecule has 3 nitrogen and oxygen atoms in total. The number of para-hydroxylation sites is 1. The van der Waals surface area contributed by atoms with Crippen LogP contribution in [-0.4, -0.2) is 16.7 Å². The highest BCUT2D eigenvalue weighted by Crippen LogP contribution is 2.36. The minimum atomic E-state index is -1.04. The molecule has 1 aliphatic heterocycles. The largest absolute Gasteiger partial charge is 0.478 e. The molecule has 1 aromatic carbocycles. The van der Waals surface area contributed by atoms with Crippen LogP contribution in [0.15, 0.2) is 24.3 Å². The van der Waals surface area contributed by atoms with Gasteiger partial charge in [0, 0.05) is 6.42 Å². The van der Waals surface area contributed by atoms with Crippen molar-refractivity contribution in [2.45, 2.75) is 25.4 Å². The van der Waals surface area contributed by atoms with Crippen LogP contribution in [0.3, 0.4) is 0 Å². The van der Waals surface area contributed by atoms with Crippen molar-refractivity contribution in [2.24, 2.45) is 0 Å². The van der Waals surface area contributed by atoms with Gasteiger partial charge in [0.25, 0.3) is 0 Å². The molecule has 0 aliphatic carbocycles. The number of carboxylic acid groups (broad SMARTS) is 1. The first-order valence-electron chi connectivity index (χ1n) is 4.68. The van der Waals surface area contributed by atoms with E-state index in [1.807, 2.05) is 31.2 Å². The van der Waals surface area contributed by atoms with E-state index in [9.17, 15) is 4.79 Å². The van der Waals surface area contributed by atoms with Crippen LogP contribution in [0.1, 0.15) is 18.9 Å². The summed E-state index contributed by atoms with van der Waals surface area (Å²) in [6, 6.07) is 7.48. The van der Waals surface area contributed by atoms with Crippen molar-refractivity contribution < 1.29 is 14.6 Å². The number of rotatable bonds is 2. The fourth-order valence-corrected chi connectivity index (χ4v) is 1.77. The molecule has 14 heavy (non-hydrogen) atoms. The van der Waals surface area contributed by atoms with Gasteiger partial charge < -0.3 is 9.84 Å². The second-order valence-corrected chi connectivity index (χ2v) is 3.54. The Hall–Kier alpha value is -1.51. The number of carbonyl (C=O) groups is 1. The smallest absolute Gasteiger partial charge is 0.348 e. The maximum absolute atomic E-state index is 11.1. The van der Waals surface area contributed by atoms with Gasteiger partial charge in [-0.1, -0.05) is 25.1 Å². The zero-order valence-corrected chi connectivity index (χ0v) is 7.99. The standard InChI is InChI=1S/C11H12O3/c1-2-11(10(12)13)7-8-5-3-4-6-9(8)14-11/h3-6H,2,7H2,1H3,(H,12,13). The van der Waals surface area contributed by atoms with Crippen LogP contribution < -0.4 is 4.74 Å². The van der Waals surface area contributed by atoms with Gasteiger partial charge in [0.15, 0.2) is 0 Å². The van der Waals surface area contributed by atoms with Gasteiger partial charge in [-0.15, -0.1) is 0 Å². The van der Waals surface area contributed by atoms with Gasteiger partial charge in [0.2, 0.25) is 5.60 Å². The molecule has 0 radical (unpaired) electrons. The molecule has 1 atom stereocenters. The second-order valence-electron chi connectivity index (χ2n) is 3.54. The summed E-state index contributed by atoms with van der Waals surface area (Å²) in [6.45, 7) is 1.83.